The molecule has 2 aromatic rings. The molecule has 2 atom stereocenters. The van der Waals surface area contributed by atoms with Crippen molar-refractivity contribution in [2.45, 2.75) is 38.6 Å². The van der Waals surface area contributed by atoms with Gasteiger partial charge in [-0.15, -0.1) is 0 Å². The Morgan fingerprint density at radius 3 is 2.60 bits per heavy atom. The summed E-state index contributed by atoms with van der Waals surface area (Å²) < 4.78 is 5.29. The predicted octanol–water partition coefficient (Wildman–Crippen LogP) is 4.54. The monoisotopic (exact) mass is 337 g/mol. The van der Waals surface area contributed by atoms with Crippen LogP contribution in [0.25, 0.3) is 10.8 Å². The van der Waals surface area contributed by atoms with Crippen LogP contribution in [-0.2, 0) is 0 Å². The first-order valence-electron chi connectivity index (χ1n) is 9.55. The predicted molar refractivity (Wildman–Crippen MR) is 101 cm³/mol. The van der Waals surface area contributed by atoms with E-state index in [9.17, 15) is 4.79 Å². The summed E-state index contributed by atoms with van der Waals surface area (Å²) in [5, 5.41) is 2.22. The number of Topliss-reactive ketones (excluding diaryl/α,β-unsaturated/α-hetero) is 1. The average Bonchev–Trinajstić information content (AvgIpc) is 3.51. The molecule has 1 saturated carbocycles. The maximum atomic E-state index is 13.3. The highest BCUT2D eigenvalue weighted by atomic mass is 16.5. The average molecular weight is 337 g/mol. The molecule has 132 valence electrons. The van der Waals surface area contributed by atoms with E-state index in [1.807, 2.05) is 30.3 Å². The number of likely N-dealkylation sites (tertiary alicyclic amines) is 1. The molecule has 2 fully saturated rings. The molecule has 0 bridgehead atoms. The Morgan fingerprint density at radius 2 is 1.88 bits per heavy atom. The van der Waals surface area contributed by atoms with Gasteiger partial charge in [0.1, 0.15) is 5.75 Å². The van der Waals surface area contributed by atoms with Crippen molar-refractivity contribution in [1.82, 2.24) is 4.90 Å². The summed E-state index contributed by atoms with van der Waals surface area (Å²) in [4.78, 5) is 15.8. The minimum atomic E-state index is 0.148. The highest BCUT2D eigenvalue weighted by Gasteiger charge is 2.39. The summed E-state index contributed by atoms with van der Waals surface area (Å²) >= 11 is 0. The van der Waals surface area contributed by atoms with Crippen molar-refractivity contribution in [2.75, 3.05) is 20.2 Å². The van der Waals surface area contributed by atoms with Crippen molar-refractivity contribution in [3.8, 4) is 5.75 Å². The number of rotatable bonds is 5. The third-order valence-corrected chi connectivity index (χ3v) is 6.04. The SMILES string of the molecule is CC[C@H]1CCN(C2CC2)C[C@H]1C(=O)c1ccc2cc(OC)ccc2c1. The van der Waals surface area contributed by atoms with Crippen LogP contribution in [0.15, 0.2) is 36.4 Å². The van der Waals surface area contributed by atoms with E-state index in [2.05, 4.69) is 17.9 Å². The van der Waals surface area contributed by atoms with Crippen molar-refractivity contribution in [1.29, 1.82) is 0 Å². The fourth-order valence-corrected chi connectivity index (χ4v) is 4.30. The smallest absolute Gasteiger partial charge is 0.167 e. The number of hydrogen-bond acceptors (Lipinski definition) is 3. The second kappa shape index (κ2) is 6.80. The van der Waals surface area contributed by atoms with Crippen molar-refractivity contribution in [3.63, 3.8) is 0 Å². The van der Waals surface area contributed by atoms with Crippen molar-refractivity contribution in [3.05, 3.63) is 42.0 Å². The van der Waals surface area contributed by atoms with Gasteiger partial charge in [0, 0.05) is 24.1 Å². The lowest BCUT2D eigenvalue weighted by molar-refractivity contribution is 0.0671. The van der Waals surface area contributed by atoms with Gasteiger partial charge in [-0.1, -0.05) is 31.5 Å². The van der Waals surface area contributed by atoms with E-state index in [0.29, 0.717) is 11.7 Å². The molecule has 0 aromatic heterocycles. The number of benzene rings is 2. The van der Waals surface area contributed by atoms with Crippen molar-refractivity contribution in [2.24, 2.45) is 11.8 Å². The summed E-state index contributed by atoms with van der Waals surface area (Å²) in [6.45, 7) is 4.34. The van der Waals surface area contributed by atoms with Crippen molar-refractivity contribution < 1.29 is 9.53 Å². The van der Waals surface area contributed by atoms with Crippen LogP contribution in [0.3, 0.4) is 0 Å². The third kappa shape index (κ3) is 3.30. The molecule has 0 amide bonds. The van der Waals surface area contributed by atoms with Gasteiger partial charge in [0.05, 0.1) is 7.11 Å². The van der Waals surface area contributed by atoms with Crippen LogP contribution in [0.5, 0.6) is 5.75 Å². The third-order valence-electron chi connectivity index (χ3n) is 6.04. The molecule has 1 saturated heterocycles. The molecule has 3 nitrogen and oxygen atoms in total. The van der Waals surface area contributed by atoms with Crippen LogP contribution in [0.2, 0.25) is 0 Å². The summed E-state index contributed by atoms with van der Waals surface area (Å²) in [5.41, 5.74) is 0.860. The molecule has 1 aliphatic carbocycles. The van der Waals surface area contributed by atoms with E-state index in [-0.39, 0.29) is 5.92 Å². The van der Waals surface area contributed by atoms with Crippen LogP contribution in [0.1, 0.15) is 43.0 Å². The number of piperidine rings is 1. The van der Waals surface area contributed by atoms with Gasteiger partial charge in [-0.05, 0) is 60.7 Å². The molecule has 0 unspecified atom stereocenters. The van der Waals surface area contributed by atoms with Gasteiger partial charge in [-0.25, -0.2) is 0 Å². The minimum Gasteiger partial charge on any atom is -0.497 e. The first-order valence-corrected chi connectivity index (χ1v) is 9.55. The molecule has 0 spiro atoms. The largest absolute Gasteiger partial charge is 0.497 e. The van der Waals surface area contributed by atoms with E-state index in [0.717, 1.165) is 47.5 Å². The molecule has 3 heteroatoms. The molecule has 1 aliphatic heterocycles. The zero-order valence-electron chi connectivity index (χ0n) is 15.2. The molecule has 4 rings (SSSR count). The van der Waals surface area contributed by atoms with Gasteiger partial charge >= 0.3 is 0 Å². The van der Waals surface area contributed by atoms with Gasteiger partial charge in [-0.2, -0.15) is 0 Å². The summed E-state index contributed by atoms with van der Waals surface area (Å²) in [6, 6.07) is 12.9. The summed E-state index contributed by atoms with van der Waals surface area (Å²) in [6.07, 6.45) is 4.89. The molecule has 25 heavy (non-hydrogen) atoms. The quantitative estimate of drug-likeness (QED) is 0.750. The Kier molecular flexibility index (Phi) is 4.51. The molecule has 0 N–H and O–H groups in total. The maximum absolute atomic E-state index is 13.3. The van der Waals surface area contributed by atoms with E-state index in [4.69, 9.17) is 4.74 Å². The standard InChI is InChI=1S/C22H27NO2/c1-3-15-10-11-23(19-7-8-19)14-21(15)22(24)18-5-4-17-13-20(25-2)9-6-16(17)12-18/h4-6,9,12-13,15,19,21H,3,7-8,10-11,14H2,1-2H3/t15-,21+/m0/s1. The second-order valence-electron chi connectivity index (χ2n) is 7.58. The van der Waals surface area contributed by atoms with E-state index in [1.54, 1.807) is 7.11 Å². The number of methoxy groups -OCH3 is 1. The van der Waals surface area contributed by atoms with Crippen LogP contribution >= 0.6 is 0 Å². The van der Waals surface area contributed by atoms with E-state index in [1.165, 1.54) is 19.4 Å². The molecule has 2 aromatic carbocycles. The van der Waals surface area contributed by atoms with Gasteiger partial charge in [0.15, 0.2) is 5.78 Å². The Hall–Kier alpha value is -1.87. The molecule has 1 heterocycles. The lowest BCUT2D eigenvalue weighted by Crippen LogP contribution is -2.44. The number of carbonyl (C=O) groups is 1. The zero-order valence-corrected chi connectivity index (χ0v) is 15.2. The number of nitrogens with zero attached hydrogens (tertiary/aromatic N) is 1. The van der Waals surface area contributed by atoms with Crippen molar-refractivity contribution >= 4 is 16.6 Å². The van der Waals surface area contributed by atoms with E-state index >= 15 is 0 Å². The number of ketones is 1. The van der Waals surface area contributed by atoms with Crippen LogP contribution in [0, 0.1) is 11.8 Å². The molecule has 2 aliphatic rings. The lowest BCUT2D eigenvalue weighted by atomic mass is 9.79. The van der Waals surface area contributed by atoms with Gasteiger partial charge in [0.25, 0.3) is 0 Å². The summed E-state index contributed by atoms with van der Waals surface area (Å²) in [5.74, 6) is 1.85. The van der Waals surface area contributed by atoms with Gasteiger partial charge < -0.3 is 4.74 Å². The van der Waals surface area contributed by atoms with Gasteiger partial charge in [0.2, 0.25) is 0 Å². The molecular weight excluding hydrogens is 310 g/mol. The fraction of sp³-hybridized carbons (Fsp3) is 0.500. The Morgan fingerprint density at radius 1 is 1.12 bits per heavy atom. The topological polar surface area (TPSA) is 29.5 Å². The Bertz CT molecular complexity index is 781. The fourth-order valence-electron chi connectivity index (χ4n) is 4.30. The highest BCUT2D eigenvalue weighted by Crippen LogP contribution is 2.36. The zero-order chi connectivity index (χ0) is 17.4. The maximum Gasteiger partial charge on any atom is 0.167 e. The first-order chi connectivity index (χ1) is 12.2. The molecular formula is C22H27NO2. The van der Waals surface area contributed by atoms with Gasteiger partial charge in [-0.3, -0.25) is 9.69 Å². The number of ether oxygens (including phenoxy) is 1. The Balaban J connectivity index is 1.60. The number of fused-ring (bicyclic) bond motifs is 1. The number of hydrogen-bond donors (Lipinski definition) is 0. The normalized spacial score (nSPS) is 24.4. The number of carbonyl (C=O) groups excluding carboxylic acids is 1. The minimum absolute atomic E-state index is 0.148. The van der Waals surface area contributed by atoms with Crippen LogP contribution in [0.4, 0.5) is 0 Å². The van der Waals surface area contributed by atoms with Crippen LogP contribution < -0.4 is 4.74 Å². The first kappa shape index (κ1) is 16.6. The molecule has 0 radical (unpaired) electrons. The second-order valence-corrected chi connectivity index (χ2v) is 7.58. The Labute approximate surface area is 150 Å². The highest BCUT2D eigenvalue weighted by molar-refractivity contribution is 6.01. The lowest BCUT2D eigenvalue weighted by Gasteiger charge is -2.37. The summed E-state index contributed by atoms with van der Waals surface area (Å²) in [7, 11) is 1.68. The van der Waals surface area contributed by atoms with Crippen LogP contribution in [-0.4, -0.2) is 36.9 Å². The van der Waals surface area contributed by atoms with E-state index < -0.39 is 0 Å².